The first-order valence-corrected chi connectivity index (χ1v) is 8.08. The highest BCUT2D eigenvalue weighted by atomic mass is 32.1. The van der Waals surface area contributed by atoms with Crippen molar-refractivity contribution in [2.45, 2.75) is 0 Å². The average Bonchev–Trinajstić information content (AvgIpc) is 3.24. The molecule has 0 aliphatic carbocycles. The van der Waals surface area contributed by atoms with E-state index in [4.69, 9.17) is 26.1 Å². The lowest BCUT2D eigenvalue weighted by atomic mass is 10.2. The van der Waals surface area contributed by atoms with Crippen LogP contribution in [0.25, 0.3) is 6.08 Å². The Hall–Kier alpha value is -3.13. The van der Waals surface area contributed by atoms with Gasteiger partial charge in [-0.2, -0.15) is 0 Å². The maximum atomic E-state index is 13.0. The number of nitrogens with zero attached hydrogens (tertiary/aromatic N) is 2. The van der Waals surface area contributed by atoms with Crippen LogP contribution in [0.4, 0.5) is 5.69 Å². The van der Waals surface area contributed by atoms with Gasteiger partial charge in [-0.1, -0.05) is 0 Å². The highest BCUT2D eigenvalue weighted by Crippen LogP contribution is 2.30. The topological polar surface area (TPSA) is 72.2 Å². The van der Waals surface area contributed by atoms with Gasteiger partial charge in [-0.3, -0.25) is 14.5 Å². The molecular weight excluding hydrogens is 356 g/mol. The van der Waals surface area contributed by atoms with Gasteiger partial charge in [-0.05, 0) is 48.6 Å². The van der Waals surface area contributed by atoms with Crippen molar-refractivity contribution in [3.8, 4) is 5.75 Å². The Morgan fingerprint density at radius 2 is 1.96 bits per heavy atom. The maximum Gasteiger partial charge on any atom is 0.325 e. The van der Waals surface area contributed by atoms with E-state index in [9.17, 15) is 9.59 Å². The van der Waals surface area contributed by atoms with E-state index in [-0.39, 0.29) is 23.3 Å². The molecule has 0 saturated carbocycles. The Bertz CT molecular complexity index is 858. The van der Waals surface area contributed by atoms with Crippen molar-refractivity contribution in [3.05, 3.63) is 54.1 Å². The van der Waals surface area contributed by atoms with Crippen LogP contribution in [0.5, 0.6) is 5.75 Å². The van der Waals surface area contributed by atoms with Crippen LogP contribution >= 0.6 is 12.2 Å². The molecule has 3 rings (SSSR count). The van der Waals surface area contributed by atoms with Crippen LogP contribution in [-0.4, -0.2) is 42.7 Å². The number of hydrogen-bond acceptors (Lipinski definition) is 6. The minimum atomic E-state index is -0.512. The Morgan fingerprint density at radius 1 is 1.23 bits per heavy atom. The smallest absolute Gasteiger partial charge is 0.325 e. The number of amides is 1. The van der Waals surface area contributed by atoms with Crippen molar-refractivity contribution in [2.24, 2.45) is 0 Å². The van der Waals surface area contributed by atoms with Crippen molar-refractivity contribution >= 4 is 41.0 Å². The molecule has 1 saturated heterocycles. The number of hydrogen-bond donors (Lipinski definition) is 0. The van der Waals surface area contributed by atoms with Gasteiger partial charge in [0.2, 0.25) is 0 Å². The van der Waals surface area contributed by atoms with Gasteiger partial charge in [0.15, 0.2) is 5.11 Å². The zero-order chi connectivity index (χ0) is 18.7. The van der Waals surface area contributed by atoms with E-state index in [1.807, 2.05) is 0 Å². The van der Waals surface area contributed by atoms with Gasteiger partial charge in [0.1, 0.15) is 23.8 Å². The van der Waals surface area contributed by atoms with Crippen LogP contribution in [0.15, 0.2) is 52.8 Å². The van der Waals surface area contributed by atoms with Crippen LogP contribution < -0.4 is 9.64 Å². The number of furan rings is 1. The van der Waals surface area contributed by atoms with E-state index in [2.05, 4.69) is 0 Å². The van der Waals surface area contributed by atoms with Crippen molar-refractivity contribution in [1.29, 1.82) is 0 Å². The molecule has 1 aliphatic heterocycles. The number of ether oxygens (including phenoxy) is 2. The van der Waals surface area contributed by atoms with Crippen molar-refractivity contribution in [3.63, 3.8) is 0 Å². The average molecular weight is 372 g/mol. The molecule has 1 aliphatic rings. The monoisotopic (exact) mass is 372 g/mol. The zero-order valence-electron chi connectivity index (χ0n) is 14.2. The largest absolute Gasteiger partial charge is 0.497 e. The van der Waals surface area contributed by atoms with Gasteiger partial charge in [0.25, 0.3) is 5.91 Å². The summed E-state index contributed by atoms with van der Waals surface area (Å²) in [4.78, 5) is 27.5. The summed E-state index contributed by atoms with van der Waals surface area (Å²) in [5.74, 6) is 0.259. The van der Waals surface area contributed by atoms with Crippen molar-refractivity contribution in [1.82, 2.24) is 4.90 Å². The van der Waals surface area contributed by atoms with E-state index < -0.39 is 5.97 Å². The van der Waals surface area contributed by atoms with E-state index >= 15 is 0 Å². The summed E-state index contributed by atoms with van der Waals surface area (Å²) in [6, 6.07) is 10.3. The molecular formula is C18H16N2O5S. The number of rotatable bonds is 5. The summed E-state index contributed by atoms with van der Waals surface area (Å²) in [6.45, 7) is -0.180. The lowest BCUT2D eigenvalue weighted by molar-refractivity contribution is -0.140. The molecule has 0 N–H and O–H groups in total. The molecule has 8 heteroatoms. The lowest BCUT2D eigenvalue weighted by Gasteiger charge is -2.19. The minimum absolute atomic E-state index is 0.180. The van der Waals surface area contributed by atoms with Gasteiger partial charge < -0.3 is 18.8 Å². The molecule has 0 bridgehead atoms. The highest BCUT2D eigenvalue weighted by molar-refractivity contribution is 7.80. The fourth-order valence-electron chi connectivity index (χ4n) is 2.49. The van der Waals surface area contributed by atoms with Gasteiger partial charge in [0.05, 0.1) is 26.2 Å². The van der Waals surface area contributed by atoms with E-state index in [0.29, 0.717) is 17.2 Å². The Morgan fingerprint density at radius 3 is 2.54 bits per heavy atom. The van der Waals surface area contributed by atoms with E-state index in [1.165, 1.54) is 23.2 Å². The molecule has 0 atom stereocenters. The standard InChI is InChI=1S/C18H16N2O5S/c1-23-13-7-5-12(6-8-13)20-17(22)15(10-14-4-3-9-25-14)19(18(20)26)11-16(21)24-2/h3-10H,11H2,1-2H3/b15-10-. The molecule has 2 aromatic rings. The number of esters is 1. The van der Waals surface area contributed by atoms with E-state index in [0.717, 1.165) is 0 Å². The van der Waals surface area contributed by atoms with Gasteiger partial charge in [-0.25, -0.2) is 0 Å². The second kappa shape index (κ2) is 7.40. The number of methoxy groups -OCH3 is 2. The van der Waals surface area contributed by atoms with Crippen LogP contribution in [0.3, 0.4) is 0 Å². The summed E-state index contributed by atoms with van der Waals surface area (Å²) in [5, 5.41) is 0.184. The lowest BCUT2D eigenvalue weighted by Crippen LogP contribution is -2.35. The SMILES string of the molecule is COC(=O)CN1C(=S)N(c2ccc(OC)cc2)C(=O)/C1=C/c1ccco1. The quantitative estimate of drug-likeness (QED) is 0.453. The van der Waals surface area contributed by atoms with Crippen LogP contribution in [0.2, 0.25) is 0 Å². The van der Waals surface area contributed by atoms with Gasteiger partial charge in [0, 0.05) is 6.08 Å². The molecule has 0 spiro atoms. The summed E-state index contributed by atoms with van der Waals surface area (Å²) in [5.41, 5.74) is 0.796. The molecule has 1 fully saturated rings. The first-order chi connectivity index (χ1) is 12.5. The first kappa shape index (κ1) is 17.7. The summed E-state index contributed by atoms with van der Waals surface area (Å²) >= 11 is 5.44. The molecule has 26 heavy (non-hydrogen) atoms. The molecule has 7 nitrogen and oxygen atoms in total. The third-order valence-electron chi connectivity index (χ3n) is 3.80. The van der Waals surface area contributed by atoms with Crippen LogP contribution in [0.1, 0.15) is 5.76 Å². The molecule has 2 heterocycles. The van der Waals surface area contributed by atoms with Crippen molar-refractivity contribution < 1.29 is 23.5 Å². The van der Waals surface area contributed by atoms with Crippen LogP contribution in [-0.2, 0) is 14.3 Å². The maximum absolute atomic E-state index is 13.0. The number of anilines is 1. The Balaban J connectivity index is 2.00. The second-order valence-electron chi connectivity index (χ2n) is 5.33. The zero-order valence-corrected chi connectivity index (χ0v) is 15.0. The Kier molecular flexibility index (Phi) is 5.04. The fourth-order valence-corrected chi connectivity index (χ4v) is 2.85. The molecule has 1 aromatic heterocycles. The predicted octanol–water partition coefficient (Wildman–Crippen LogP) is 2.44. The van der Waals surface area contributed by atoms with Crippen LogP contribution in [0, 0.1) is 0 Å². The molecule has 1 amide bonds. The number of carbonyl (C=O) groups is 2. The van der Waals surface area contributed by atoms with Crippen molar-refractivity contribution in [2.75, 3.05) is 25.7 Å². The third-order valence-corrected chi connectivity index (χ3v) is 4.21. The fraction of sp³-hybridized carbons (Fsp3) is 0.167. The van der Waals surface area contributed by atoms with Gasteiger partial charge in [-0.15, -0.1) is 0 Å². The number of carbonyl (C=O) groups excluding carboxylic acids is 2. The summed E-state index contributed by atoms with van der Waals surface area (Å²) in [6.07, 6.45) is 3.04. The highest BCUT2D eigenvalue weighted by Gasteiger charge is 2.40. The summed E-state index contributed by atoms with van der Waals surface area (Å²) < 4.78 is 15.1. The van der Waals surface area contributed by atoms with Gasteiger partial charge >= 0.3 is 5.97 Å². The molecule has 1 aromatic carbocycles. The minimum Gasteiger partial charge on any atom is -0.497 e. The summed E-state index contributed by atoms with van der Waals surface area (Å²) in [7, 11) is 2.84. The first-order valence-electron chi connectivity index (χ1n) is 7.67. The Labute approximate surface area is 155 Å². The number of benzene rings is 1. The predicted molar refractivity (Wildman–Crippen MR) is 98.5 cm³/mol. The second-order valence-corrected chi connectivity index (χ2v) is 5.69. The van der Waals surface area contributed by atoms with E-state index in [1.54, 1.807) is 49.6 Å². The molecule has 0 radical (unpaired) electrons. The third kappa shape index (κ3) is 3.31. The molecule has 134 valence electrons. The molecule has 0 unspecified atom stereocenters. The number of thiocarbonyl (C=S) groups is 1. The normalized spacial score (nSPS) is 15.7.